The van der Waals surface area contributed by atoms with Crippen LogP contribution in [0.15, 0.2) is 40.9 Å². The summed E-state index contributed by atoms with van der Waals surface area (Å²) < 4.78 is 0. The average molecular weight is 294 g/mol. The summed E-state index contributed by atoms with van der Waals surface area (Å²) in [7, 11) is 0. The van der Waals surface area contributed by atoms with Gasteiger partial charge in [0.25, 0.3) is 0 Å². The highest BCUT2D eigenvalue weighted by atomic mass is 35.5. The van der Waals surface area contributed by atoms with Crippen molar-refractivity contribution in [1.82, 2.24) is 15.0 Å². The Kier molecular flexibility index (Phi) is 3.45. The van der Waals surface area contributed by atoms with E-state index in [0.29, 0.717) is 10.9 Å². The topological polar surface area (TPSA) is 38.7 Å². The number of rotatable bonds is 3. The van der Waals surface area contributed by atoms with Gasteiger partial charge in [-0.2, -0.15) is 0 Å². The molecule has 0 saturated carbocycles. The lowest BCUT2D eigenvalue weighted by molar-refractivity contribution is 1.07. The van der Waals surface area contributed by atoms with Gasteiger partial charge in [-0.05, 0) is 23.6 Å². The van der Waals surface area contributed by atoms with Gasteiger partial charge >= 0.3 is 0 Å². The molecule has 3 aromatic rings. The van der Waals surface area contributed by atoms with E-state index in [1.807, 2.05) is 23.6 Å². The molecule has 3 heterocycles. The van der Waals surface area contributed by atoms with E-state index in [2.05, 4.69) is 15.0 Å². The molecule has 0 aliphatic carbocycles. The smallest absolute Gasteiger partial charge is 0.142 e. The molecule has 0 bridgehead atoms. The number of fused-ring (bicyclic) bond motifs is 1. The van der Waals surface area contributed by atoms with Crippen molar-refractivity contribution in [3.63, 3.8) is 0 Å². The summed E-state index contributed by atoms with van der Waals surface area (Å²) in [6.45, 7) is 0. The standard InChI is InChI=1S/C12H8ClN3S2/c13-11-9-3-6-17-12(9)16-10(15-11)7-18-8-1-4-14-5-2-8/h1-6H,7H2. The molecule has 0 amide bonds. The van der Waals surface area contributed by atoms with Crippen LogP contribution < -0.4 is 0 Å². The second kappa shape index (κ2) is 5.22. The van der Waals surface area contributed by atoms with Crippen LogP contribution in [0.5, 0.6) is 0 Å². The van der Waals surface area contributed by atoms with E-state index in [9.17, 15) is 0 Å². The maximum atomic E-state index is 6.12. The van der Waals surface area contributed by atoms with E-state index in [1.165, 1.54) is 0 Å². The molecule has 6 heteroatoms. The Morgan fingerprint density at radius 1 is 1.17 bits per heavy atom. The monoisotopic (exact) mass is 293 g/mol. The van der Waals surface area contributed by atoms with Crippen molar-refractivity contribution in [1.29, 1.82) is 0 Å². The molecular formula is C12H8ClN3S2. The fraction of sp³-hybridized carbons (Fsp3) is 0.0833. The predicted molar refractivity (Wildman–Crippen MR) is 76.2 cm³/mol. The van der Waals surface area contributed by atoms with Gasteiger partial charge < -0.3 is 0 Å². The maximum Gasteiger partial charge on any atom is 0.142 e. The summed E-state index contributed by atoms with van der Waals surface area (Å²) in [6, 6.07) is 5.88. The van der Waals surface area contributed by atoms with Gasteiger partial charge in [0.15, 0.2) is 0 Å². The van der Waals surface area contributed by atoms with Crippen LogP contribution >= 0.6 is 34.7 Å². The fourth-order valence-corrected chi connectivity index (χ4v) is 3.34. The Morgan fingerprint density at radius 2 is 2.00 bits per heavy atom. The van der Waals surface area contributed by atoms with Gasteiger partial charge in [0, 0.05) is 22.7 Å². The minimum atomic E-state index is 0.534. The number of nitrogens with zero attached hydrogens (tertiary/aromatic N) is 3. The Morgan fingerprint density at radius 3 is 2.83 bits per heavy atom. The van der Waals surface area contributed by atoms with Crippen molar-refractivity contribution in [2.24, 2.45) is 0 Å². The highest BCUT2D eigenvalue weighted by molar-refractivity contribution is 7.98. The molecular weight excluding hydrogens is 286 g/mol. The first-order valence-corrected chi connectivity index (χ1v) is 7.50. The SMILES string of the molecule is Clc1nc(CSc2ccncc2)nc2sccc12. The summed E-state index contributed by atoms with van der Waals surface area (Å²) in [5.41, 5.74) is 0. The van der Waals surface area contributed by atoms with E-state index < -0.39 is 0 Å². The minimum absolute atomic E-state index is 0.534. The van der Waals surface area contributed by atoms with Crippen LogP contribution in [0.1, 0.15) is 5.82 Å². The molecule has 0 fully saturated rings. The van der Waals surface area contributed by atoms with Crippen LogP contribution in [0.4, 0.5) is 0 Å². The lowest BCUT2D eigenvalue weighted by atomic mass is 10.4. The van der Waals surface area contributed by atoms with Crippen molar-refractivity contribution >= 4 is 44.9 Å². The normalized spacial score (nSPS) is 10.9. The van der Waals surface area contributed by atoms with Crippen molar-refractivity contribution in [2.75, 3.05) is 0 Å². The number of hydrogen-bond acceptors (Lipinski definition) is 5. The molecule has 0 atom stereocenters. The second-order valence-electron chi connectivity index (χ2n) is 3.54. The lowest BCUT2D eigenvalue weighted by Crippen LogP contribution is -1.92. The Bertz CT molecular complexity index is 669. The van der Waals surface area contributed by atoms with Crippen LogP contribution in [-0.4, -0.2) is 15.0 Å². The molecule has 0 aliphatic heterocycles. The summed E-state index contributed by atoms with van der Waals surface area (Å²) in [5.74, 6) is 1.47. The van der Waals surface area contributed by atoms with E-state index in [4.69, 9.17) is 11.6 Å². The third-order valence-electron chi connectivity index (χ3n) is 2.34. The third-order valence-corrected chi connectivity index (χ3v) is 4.45. The highest BCUT2D eigenvalue weighted by Crippen LogP contribution is 2.27. The largest absolute Gasteiger partial charge is 0.265 e. The first-order valence-electron chi connectivity index (χ1n) is 5.25. The predicted octanol–water partition coefficient (Wildman–Crippen LogP) is 4.03. The van der Waals surface area contributed by atoms with Crippen molar-refractivity contribution in [3.05, 3.63) is 47.0 Å². The van der Waals surface area contributed by atoms with Gasteiger partial charge in [-0.25, -0.2) is 9.97 Å². The number of pyridine rings is 1. The lowest BCUT2D eigenvalue weighted by Gasteiger charge is -2.01. The van der Waals surface area contributed by atoms with Gasteiger partial charge in [0.2, 0.25) is 0 Å². The third kappa shape index (κ3) is 2.48. The van der Waals surface area contributed by atoms with Crippen molar-refractivity contribution in [3.8, 4) is 0 Å². The summed E-state index contributed by atoms with van der Waals surface area (Å²) in [6.07, 6.45) is 3.55. The second-order valence-corrected chi connectivity index (χ2v) is 5.84. The molecule has 0 unspecified atom stereocenters. The molecule has 18 heavy (non-hydrogen) atoms. The number of hydrogen-bond donors (Lipinski definition) is 0. The Balaban J connectivity index is 1.82. The van der Waals surface area contributed by atoms with Gasteiger partial charge in [-0.3, -0.25) is 4.98 Å². The molecule has 0 N–H and O–H groups in total. The van der Waals surface area contributed by atoms with Crippen LogP contribution in [0.25, 0.3) is 10.2 Å². The van der Waals surface area contributed by atoms with E-state index in [-0.39, 0.29) is 0 Å². The zero-order valence-corrected chi connectivity index (χ0v) is 11.6. The minimum Gasteiger partial charge on any atom is -0.265 e. The van der Waals surface area contributed by atoms with Crippen molar-refractivity contribution in [2.45, 2.75) is 10.6 Å². The number of thioether (sulfide) groups is 1. The fourth-order valence-electron chi connectivity index (χ4n) is 1.51. The average Bonchev–Trinajstić information content (AvgIpc) is 2.86. The molecule has 0 aromatic carbocycles. The van der Waals surface area contributed by atoms with E-state index in [1.54, 1.807) is 35.5 Å². The molecule has 0 saturated heterocycles. The zero-order valence-electron chi connectivity index (χ0n) is 9.21. The maximum absolute atomic E-state index is 6.12. The molecule has 3 aromatic heterocycles. The van der Waals surface area contributed by atoms with E-state index >= 15 is 0 Å². The summed E-state index contributed by atoms with van der Waals surface area (Å²) in [4.78, 5) is 14.9. The number of halogens is 1. The molecule has 0 spiro atoms. The van der Waals surface area contributed by atoms with Gasteiger partial charge in [0.05, 0.1) is 5.75 Å². The van der Waals surface area contributed by atoms with Crippen LogP contribution in [0.2, 0.25) is 5.15 Å². The quantitative estimate of drug-likeness (QED) is 0.540. The summed E-state index contributed by atoms with van der Waals surface area (Å²) >= 11 is 9.38. The molecule has 3 rings (SSSR count). The summed E-state index contributed by atoms with van der Waals surface area (Å²) in [5, 5.41) is 3.44. The first kappa shape index (κ1) is 11.9. The molecule has 3 nitrogen and oxygen atoms in total. The van der Waals surface area contributed by atoms with E-state index in [0.717, 1.165) is 20.9 Å². The number of thiophene rings is 1. The first-order chi connectivity index (χ1) is 8.83. The van der Waals surface area contributed by atoms with Gasteiger partial charge in [-0.1, -0.05) is 11.6 Å². The highest BCUT2D eigenvalue weighted by Gasteiger charge is 2.07. The van der Waals surface area contributed by atoms with Crippen LogP contribution in [-0.2, 0) is 5.75 Å². The molecule has 90 valence electrons. The Labute approximate surface area is 117 Å². The van der Waals surface area contributed by atoms with Crippen molar-refractivity contribution < 1.29 is 0 Å². The molecule has 0 radical (unpaired) electrons. The Hall–Kier alpha value is -1.17. The zero-order chi connectivity index (χ0) is 12.4. The molecule has 0 aliphatic rings. The van der Waals surface area contributed by atoms with Gasteiger partial charge in [-0.15, -0.1) is 23.1 Å². The number of aromatic nitrogens is 3. The van der Waals surface area contributed by atoms with Gasteiger partial charge in [0.1, 0.15) is 15.8 Å². The van der Waals surface area contributed by atoms with Crippen LogP contribution in [0.3, 0.4) is 0 Å². The van der Waals surface area contributed by atoms with Crippen LogP contribution in [0, 0.1) is 0 Å².